The van der Waals surface area contributed by atoms with Gasteiger partial charge in [0.15, 0.2) is 5.96 Å². The molecule has 0 aromatic carbocycles. The summed E-state index contributed by atoms with van der Waals surface area (Å²) in [6.45, 7) is 8.88. The maximum absolute atomic E-state index is 12.1. The van der Waals surface area contributed by atoms with Crippen LogP contribution in [-0.2, 0) is 4.79 Å². The second kappa shape index (κ2) is 8.02. The maximum Gasteiger partial charge on any atom is 0.225 e. The SMILES string of the molecule is CCC1(CNC(=NC)NC2CCN(C(=O)C(C)C)C2)CCCC1. The van der Waals surface area contributed by atoms with E-state index in [1.165, 1.54) is 32.1 Å². The van der Waals surface area contributed by atoms with Crippen LogP contribution in [-0.4, -0.2) is 49.5 Å². The molecule has 5 heteroatoms. The van der Waals surface area contributed by atoms with Crippen molar-refractivity contribution < 1.29 is 4.79 Å². The van der Waals surface area contributed by atoms with E-state index in [0.717, 1.165) is 32.0 Å². The van der Waals surface area contributed by atoms with Crippen molar-refractivity contribution in [2.45, 2.75) is 65.3 Å². The van der Waals surface area contributed by atoms with Crippen LogP contribution < -0.4 is 10.6 Å². The molecule has 2 N–H and O–H groups in total. The van der Waals surface area contributed by atoms with Crippen LogP contribution in [0, 0.1) is 11.3 Å². The number of hydrogen-bond acceptors (Lipinski definition) is 2. The highest BCUT2D eigenvalue weighted by Crippen LogP contribution is 2.40. The largest absolute Gasteiger partial charge is 0.356 e. The summed E-state index contributed by atoms with van der Waals surface area (Å²) in [5.41, 5.74) is 0.451. The molecule has 0 radical (unpaired) electrons. The Bertz CT molecular complexity index is 427. The molecule has 132 valence electrons. The van der Waals surface area contributed by atoms with E-state index in [1.54, 1.807) is 0 Å². The number of carbonyl (C=O) groups excluding carboxylic acids is 1. The number of nitrogens with one attached hydrogen (secondary N) is 2. The number of likely N-dealkylation sites (tertiary alicyclic amines) is 1. The maximum atomic E-state index is 12.1. The predicted octanol–water partition coefficient (Wildman–Crippen LogP) is 2.38. The number of carbonyl (C=O) groups is 1. The van der Waals surface area contributed by atoms with E-state index < -0.39 is 0 Å². The van der Waals surface area contributed by atoms with Crippen LogP contribution in [0.3, 0.4) is 0 Å². The first-order valence-corrected chi connectivity index (χ1v) is 9.25. The molecule has 2 aliphatic rings. The van der Waals surface area contributed by atoms with E-state index in [0.29, 0.717) is 11.5 Å². The molecule has 0 aromatic rings. The highest BCUT2D eigenvalue weighted by molar-refractivity contribution is 5.81. The highest BCUT2D eigenvalue weighted by atomic mass is 16.2. The summed E-state index contributed by atoms with van der Waals surface area (Å²) in [7, 11) is 1.83. The minimum absolute atomic E-state index is 0.0815. The fourth-order valence-electron chi connectivity index (χ4n) is 3.88. The Morgan fingerprint density at radius 1 is 1.35 bits per heavy atom. The zero-order chi connectivity index (χ0) is 16.9. The van der Waals surface area contributed by atoms with E-state index in [2.05, 4.69) is 22.5 Å². The summed E-state index contributed by atoms with van der Waals surface area (Å²) in [4.78, 5) is 18.4. The second-order valence-electron chi connectivity index (χ2n) is 7.56. The monoisotopic (exact) mass is 322 g/mol. The van der Waals surface area contributed by atoms with E-state index in [9.17, 15) is 4.79 Å². The third-order valence-corrected chi connectivity index (χ3v) is 5.60. The highest BCUT2D eigenvalue weighted by Gasteiger charge is 2.32. The first-order valence-electron chi connectivity index (χ1n) is 9.25. The first-order chi connectivity index (χ1) is 11.0. The number of hydrogen-bond donors (Lipinski definition) is 2. The molecule has 0 bridgehead atoms. The van der Waals surface area contributed by atoms with Crippen LogP contribution in [0.1, 0.15) is 59.3 Å². The van der Waals surface area contributed by atoms with Crippen LogP contribution >= 0.6 is 0 Å². The Hall–Kier alpha value is -1.26. The Kier molecular flexibility index (Phi) is 6.31. The van der Waals surface area contributed by atoms with Gasteiger partial charge in [0.05, 0.1) is 0 Å². The molecule has 1 saturated carbocycles. The molecule has 5 nitrogen and oxygen atoms in total. The lowest BCUT2D eigenvalue weighted by molar-refractivity contribution is -0.133. The van der Waals surface area contributed by atoms with Crippen LogP contribution in [0.2, 0.25) is 0 Å². The molecule has 1 saturated heterocycles. The van der Waals surface area contributed by atoms with Crippen LogP contribution in [0.5, 0.6) is 0 Å². The van der Waals surface area contributed by atoms with Gasteiger partial charge in [0.25, 0.3) is 0 Å². The van der Waals surface area contributed by atoms with Crippen molar-refractivity contribution in [1.29, 1.82) is 0 Å². The molecule has 23 heavy (non-hydrogen) atoms. The third kappa shape index (κ3) is 4.61. The number of nitrogens with zero attached hydrogens (tertiary/aromatic N) is 2. The van der Waals surface area contributed by atoms with Crippen molar-refractivity contribution >= 4 is 11.9 Å². The predicted molar refractivity (Wildman–Crippen MR) is 95.5 cm³/mol. The molecular formula is C18H34N4O. The van der Waals surface area contributed by atoms with Gasteiger partial charge in [0, 0.05) is 38.6 Å². The molecule has 1 unspecified atom stereocenters. The van der Waals surface area contributed by atoms with Crippen molar-refractivity contribution in [3.8, 4) is 0 Å². The lowest BCUT2D eigenvalue weighted by Gasteiger charge is -2.29. The van der Waals surface area contributed by atoms with Gasteiger partial charge in [-0.1, -0.05) is 33.6 Å². The Morgan fingerprint density at radius 3 is 2.61 bits per heavy atom. The van der Waals surface area contributed by atoms with Gasteiger partial charge >= 0.3 is 0 Å². The number of rotatable bonds is 5. The van der Waals surface area contributed by atoms with Crippen LogP contribution in [0.4, 0.5) is 0 Å². The van der Waals surface area contributed by atoms with E-state index in [-0.39, 0.29) is 11.8 Å². The molecule has 0 aromatic heterocycles. The normalized spacial score (nSPS) is 24.3. The lowest BCUT2D eigenvalue weighted by atomic mass is 9.83. The second-order valence-corrected chi connectivity index (χ2v) is 7.56. The molecule has 1 atom stereocenters. The minimum atomic E-state index is 0.0815. The topological polar surface area (TPSA) is 56.7 Å². The molecule has 1 aliphatic heterocycles. The van der Waals surface area contributed by atoms with Gasteiger partial charge in [0.2, 0.25) is 5.91 Å². The van der Waals surface area contributed by atoms with Crippen LogP contribution in [0.25, 0.3) is 0 Å². The van der Waals surface area contributed by atoms with Crippen molar-refractivity contribution in [3.05, 3.63) is 0 Å². The Morgan fingerprint density at radius 2 is 2.04 bits per heavy atom. The van der Waals surface area contributed by atoms with Crippen molar-refractivity contribution in [2.24, 2.45) is 16.3 Å². The van der Waals surface area contributed by atoms with E-state index >= 15 is 0 Å². The van der Waals surface area contributed by atoms with Gasteiger partial charge < -0.3 is 15.5 Å². The lowest BCUT2D eigenvalue weighted by Crippen LogP contribution is -2.48. The Labute approximate surface area is 141 Å². The van der Waals surface area contributed by atoms with E-state index in [4.69, 9.17) is 0 Å². The van der Waals surface area contributed by atoms with E-state index in [1.807, 2.05) is 25.8 Å². The minimum Gasteiger partial charge on any atom is -0.356 e. The number of guanidine groups is 1. The summed E-state index contributed by atoms with van der Waals surface area (Å²) in [6, 6.07) is 0.310. The fourth-order valence-corrected chi connectivity index (χ4v) is 3.88. The molecule has 2 fully saturated rings. The summed E-state index contributed by atoms with van der Waals surface area (Å²) in [5, 5.41) is 7.03. The quantitative estimate of drug-likeness (QED) is 0.603. The van der Waals surface area contributed by atoms with Gasteiger partial charge in [-0.2, -0.15) is 0 Å². The zero-order valence-corrected chi connectivity index (χ0v) is 15.3. The molecular weight excluding hydrogens is 288 g/mol. The average molecular weight is 322 g/mol. The summed E-state index contributed by atoms with van der Waals surface area (Å²) < 4.78 is 0. The Balaban J connectivity index is 1.80. The zero-order valence-electron chi connectivity index (χ0n) is 15.3. The standard InChI is InChI=1S/C18H34N4O/c1-5-18(9-6-7-10-18)13-20-17(19-4)21-15-8-11-22(12-15)16(23)14(2)3/h14-15H,5-13H2,1-4H3,(H2,19,20,21). The number of aliphatic imine (C=N–C) groups is 1. The van der Waals surface area contributed by atoms with Crippen molar-refractivity contribution in [2.75, 3.05) is 26.7 Å². The molecule has 1 amide bonds. The average Bonchev–Trinajstić information content (AvgIpc) is 3.20. The van der Waals surface area contributed by atoms with Crippen molar-refractivity contribution in [1.82, 2.24) is 15.5 Å². The van der Waals surface area contributed by atoms with Gasteiger partial charge in [-0.15, -0.1) is 0 Å². The summed E-state index contributed by atoms with van der Waals surface area (Å²) in [6.07, 6.45) is 7.60. The van der Waals surface area contributed by atoms with Gasteiger partial charge in [-0.25, -0.2) is 0 Å². The van der Waals surface area contributed by atoms with Crippen molar-refractivity contribution in [3.63, 3.8) is 0 Å². The molecule has 1 aliphatic carbocycles. The van der Waals surface area contributed by atoms with Gasteiger partial charge in [-0.3, -0.25) is 9.79 Å². The van der Waals surface area contributed by atoms with Crippen LogP contribution in [0.15, 0.2) is 4.99 Å². The molecule has 0 spiro atoms. The summed E-state index contributed by atoms with van der Waals surface area (Å²) >= 11 is 0. The molecule has 2 rings (SSSR count). The fraction of sp³-hybridized carbons (Fsp3) is 0.889. The summed E-state index contributed by atoms with van der Waals surface area (Å²) in [5.74, 6) is 1.22. The molecule has 1 heterocycles. The van der Waals surface area contributed by atoms with Gasteiger partial charge in [-0.05, 0) is 31.1 Å². The number of amides is 1. The smallest absolute Gasteiger partial charge is 0.225 e. The van der Waals surface area contributed by atoms with Gasteiger partial charge in [0.1, 0.15) is 0 Å². The first kappa shape index (κ1) is 18.1. The third-order valence-electron chi connectivity index (χ3n) is 5.60.